The maximum atomic E-state index is 12.2. The van der Waals surface area contributed by atoms with E-state index < -0.39 is 11.8 Å². The number of rotatable bonds is 5. The second-order valence-corrected chi connectivity index (χ2v) is 8.08. The molecule has 156 valence electrons. The van der Waals surface area contributed by atoms with E-state index in [0.29, 0.717) is 5.69 Å². The van der Waals surface area contributed by atoms with E-state index in [9.17, 15) is 9.59 Å². The van der Waals surface area contributed by atoms with Crippen LogP contribution in [0.5, 0.6) is 5.75 Å². The van der Waals surface area contributed by atoms with Gasteiger partial charge in [-0.25, -0.2) is 4.98 Å². The summed E-state index contributed by atoms with van der Waals surface area (Å²) in [6.45, 7) is 2.32. The second kappa shape index (κ2) is 8.97. The Kier molecular flexibility index (Phi) is 5.95. The zero-order chi connectivity index (χ0) is 21.8. The molecular weight excluding hydrogens is 410 g/mol. The molecule has 6 nitrogen and oxygen atoms in total. The van der Waals surface area contributed by atoms with Gasteiger partial charge in [-0.3, -0.25) is 9.59 Å². The summed E-state index contributed by atoms with van der Waals surface area (Å²) in [7, 11) is 1.59. The summed E-state index contributed by atoms with van der Waals surface area (Å²) in [5.41, 5.74) is 4.55. The number of anilines is 1. The predicted molar refractivity (Wildman–Crippen MR) is 123 cm³/mol. The highest BCUT2D eigenvalue weighted by molar-refractivity contribution is 7.21. The quantitative estimate of drug-likeness (QED) is 0.455. The van der Waals surface area contributed by atoms with Gasteiger partial charge in [0.2, 0.25) is 0 Å². The predicted octanol–water partition coefficient (Wildman–Crippen LogP) is 4.54. The topological polar surface area (TPSA) is 80.3 Å². The van der Waals surface area contributed by atoms with Crippen LogP contribution in [0.4, 0.5) is 5.69 Å². The second-order valence-electron chi connectivity index (χ2n) is 7.05. The average Bonchev–Trinajstić information content (AvgIpc) is 3.21. The summed E-state index contributed by atoms with van der Waals surface area (Å²) < 4.78 is 6.24. The molecule has 0 aliphatic heterocycles. The van der Waals surface area contributed by atoms with Gasteiger partial charge < -0.3 is 15.4 Å². The summed E-state index contributed by atoms with van der Waals surface area (Å²) in [4.78, 5) is 29.0. The van der Waals surface area contributed by atoms with Gasteiger partial charge in [0.15, 0.2) is 0 Å². The first-order chi connectivity index (χ1) is 15.0. The molecule has 0 bridgehead atoms. The number of fused-ring (bicyclic) bond motifs is 1. The number of benzene rings is 3. The lowest BCUT2D eigenvalue weighted by Gasteiger charge is -2.08. The minimum atomic E-state index is -0.711. The fourth-order valence-corrected chi connectivity index (χ4v) is 4.11. The molecule has 4 aromatic rings. The SMILES string of the molecule is COc1ccc(CNC(=O)C(=O)Nc2ccc(-c3nc4ccc(C)cc4s3)cc2)cc1. The van der Waals surface area contributed by atoms with Crippen LogP contribution in [-0.4, -0.2) is 23.9 Å². The first-order valence-electron chi connectivity index (χ1n) is 9.71. The van der Waals surface area contributed by atoms with Crippen molar-refractivity contribution in [2.75, 3.05) is 12.4 Å². The molecule has 3 aromatic carbocycles. The standard InChI is InChI=1S/C24H21N3O3S/c1-15-3-12-20-21(13-15)31-24(27-20)17-6-8-18(9-7-17)26-23(29)22(28)25-14-16-4-10-19(30-2)11-5-16/h3-13H,14H2,1-2H3,(H,25,28)(H,26,29). The highest BCUT2D eigenvalue weighted by Crippen LogP contribution is 2.31. The van der Waals surface area contributed by atoms with Gasteiger partial charge in [0, 0.05) is 17.8 Å². The zero-order valence-electron chi connectivity index (χ0n) is 17.1. The molecule has 31 heavy (non-hydrogen) atoms. The molecule has 0 radical (unpaired) electrons. The number of ether oxygens (including phenoxy) is 1. The highest BCUT2D eigenvalue weighted by atomic mass is 32.1. The number of hydrogen-bond acceptors (Lipinski definition) is 5. The number of methoxy groups -OCH3 is 1. The largest absolute Gasteiger partial charge is 0.497 e. The van der Waals surface area contributed by atoms with E-state index in [2.05, 4.69) is 28.6 Å². The number of nitrogens with zero attached hydrogens (tertiary/aromatic N) is 1. The molecule has 2 amide bonds. The molecule has 0 unspecified atom stereocenters. The van der Waals surface area contributed by atoms with Gasteiger partial charge >= 0.3 is 11.8 Å². The number of carbonyl (C=O) groups is 2. The van der Waals surface area contributed by atoms with E-state index in [1.807, 2.05) is 36.4 Å². The fraction of sp³-hybridized carbons (Fsp3) is 0.125. The smallest absolute Gasteiger partial charge is 0.313 e. The third kappa shape index (κ3) is 4.90. The molecule has 7 heteroatoms. The normalized spacial score (nSPS) is 10.6. The lowest BCUT2D eigenvalue weighted by molar-refractivity contribution is -0.136. The van der Waals surface area contributed by atoms with Crippen molar-refractivity contribution >= 4 is 39.1 Å². The Labute approximate surface area is 183 Å². The third-order valence-electron chi connectivity index (χ3n) is 4.75. The van der Waals surface area contributed by atoms with Gasteiger partial charge in [-0.1, -0.05) is 18.2 Å². The van der Waals surface area contributed by atoms with Crippen molar-refractivity contribution in [3.05, 3.63) is 77.9 Å². The molecule has 0 saturated carbocycles. The van der Waals surface area contributed by atoms with E-state index in [4.69, 9.17) is 4.74 Å². The maximum absolute atomic E-state index is 12.2. The average molecular weight is 432 g/mol. The highest BCUT2D eigenvalue weighted by Gasteiger charge is 2.14. The van der Waals surface area contributed by atoms with Gasteiger partial charge in [-0.05, 0) is 66.6 Å². The number of aryl methyl sites for hydroxylation is 1. The summed E-state index contributed by atoms with van der Waals surface area (Å²) in [5, 5.41) is 6.15. The minimum absolute atomic E-state index is 0.256. The molecule has 1 heterocycles. The Morgan fingerprint density at radius 1 is 0.968 bits per heavy atom. The summed E-state index contributed by atoms with van der Waals surface area (Å²) >= 11 is 1.63. The van der Waals surface area contributed by atoms with Crippen LogP contribution in [0.25, 0.3) is 20.8 Å². The Morgan fingerprint density at radius 2 is 1.71 bits per heavy atom. The minimum Gasteiger partial charge on any atom is -0.497 e. The Bertz CT molecular complexity index is 1230. The van der Waals surface area contributed by atoms with Crippen LogP contribution in [0.3, 0.4) is 0 Å². The van der Waals surface area contributed by atoms with Gasteiger partial charge in [-0.15, -0.1) is 11.3 Å². The van der Waals surface area contributed by atoms with Gasteiger partial charge in [0.1, 0.15) is 10.8 Å². The number of hydrogen-bond donors (Lipinski definition) is 2. The molecule has 0 atom stereocenters. The van der Waals surface area contributed by atoms with Crippen molar-refractivity contribution in [3.63, 3.8) is 0 Å². The zero-order valence-corrected chi connectivity index (χ0v) is 18.0. The van der Waals surface area contributed by atoms with Crippen molar-refractivity contribution in [3.8, 4) is 16.3 Å². The van der Waals surface area contributed by atoms with E-state index in [1.54, 1.807) is 42.7 Å². The van der Waals surface area contributed by atoms with Gasteiger partial charge in [0.25, 0.3) is 0 Å². The van der Waals surface area contributed by atoms with Crippen LogP contribution >= 0.6 is 11.3 Å². The maximum Gasteiger partial charge on any atom is 0.313 e. The van der Waals surface area contributed by atoms with Crippen molar-refractivity contribution in [2.45, 2.75) is 13.5 Å². The molecule has 0 fully saturated rings. The van der Waals surface area contributed by atoms with Crippen molar-refractivity contribution in [1.29, 1.82) is 0 Å². The molecule has 4 rings (SSSR count). The van der Waals surface area contributed by atoms with Crippen LogP contribution in [0.1, 0.15) is 11.1 Å². The van der Waals surface area contributed by atoms with Crippen molar-refractivity contribution < 1.29 is 14.3 Å². The van der Waals surface area contributed by atoms with E-state index in [0.717, 1.165) is 32.1 Å². The molecule has 0 aliphatic carbocycles. The first kappa shape index (κ1) is 20.6. The molecule has 2 N–H and O–H groups in total. The Morgan fingerprint density at radius 3 is 2.42 bits per heavy atom. The van der Waals surface area contributed by atoms with Crippen LogP contribution in [0.15, 0.2) is 66.7 Å². The monoisotopic (exact) mass is 431 g/mol. The Hall–Kier alpha value is -3.71. The van der Waals surface area contributed by atoms with Crippen LogP contribution in [-0.2, 0) is 16.1 Å². The van der Waals surface area contributed by atoms with Gasteiger partial charge in [0.05, 0.1) is 17.3 Å². The number of amides is 2. The number of carbonyl (C=O) groups excluding carboxylic acids is 2. The van der Waals surface area contributed by atoms with E-state index in [1.165, 1.54) is 5.56 Å². The van der Waals surface area contributed by atoms with Crippen LogP contribution in [0.2, 0.25) is 0 Å². The fourth-order valence-electron chi connectivity index (χ4n) is 3.05. The van der Waals surface area contributed by atoms with Crippen LogP contribution < -0.4 is 15.4 Å². The Balaban J connectivity index is 1.36. The number of thiazole rings is 1. The van der Waals surface area contributed by atoms with Crippen LogP contribution in [0, 0.1) is 6.92 Å². The van der Waals surface area contributed by atoms with E-state index in [-0.39, 0.29) is 6.54 Å². The summed E-state index contributed by atoms with van der Waals surface area (Å²) in [6, 6.07) is 20.8. The van der Waals surface area contributed by atoms with Crippen molar-refractivity contribution in [1.82, 2.24) is 10.3 Å². The van der Waals surface area contributed by atoms with Crippen molar-refractivity contribution in [2.24, 2.45) is 0 Å². The molecule has 1 aromatic heterocycles. The molecule has 0 spiro atoms. The van der Waals surface area contributed by atoms with Gasteiger partial charge in [-0.2, -0.15) is 0 Å². The lowest BCUT2D eigenvalue weighted by Crippen LogP contribution is -2.34. The van der Waals surface area contributed by atoms with E-state index >= 15 is 0 Å². The summed E-state index contributed by atoms with van der Waals surface area (Å²) in [6.07, 6.45) is 0. The molecule has 0 saturated heterocycles. The third-order valence-corrected chi connectivity index (χ3v) is 5.82. The molecule has 0 aliphatic rings. The first-order valence-corrected chi connectivity index (χ1v) is 10.5. The number of nitrogens with one attached hydrogen (secondary N) is 2. The lowest BCUT2D eigenvalue weighted by atomic mass is 10.2. The molecular formula is C24H21N3O3S. The number of aromatic nitrogens is 1. The summed E-state index contributed by atoms with van der Waals surface area (Å²) in [5.74, 6) is -0.671.